The van der Waals surface area contributed by atoms with Crippen LogP contribution in [0.2, 0.25) is 0 Å². The molecule has 0 aliphatic carbocycles. The fourth-order valence-corrected chi connectivity index (χ4v) is 2.15. The lowest BCUT2D eigenvalue weighted by Crippen LogP contribution is -2.31. The van der Waals surface area contributed by atoms with Crippen molar-refractivity contribution in [3.63, 3.8) is 0 Å². The molecule has 0 saturated heterocycles. The first-order valence-corrected chi connectivity index (χ1v) is 10.1. The molecule has 0 aliphatic rings. The molecule has 0 radical (unpaired) electrons. The largest absolute Gasteiger partial charge is 0.491 e. The SMILES string of the molecule is C=C(C)C(=O)OCCCNC(=O)OCC(O)COc1ccc(CCOC(=O)C(=C)C)cc1. The summed E-state index contributed by atoms with van der Waals surface area (Å²) in [5.74, 6) is -0.353. The molecular weight excluding hydrogens is 418 g/mol. The Bertz CT molecular complexity index is 788. The van der Waals surface area contributed by atoms with E-state index in [4.69, 9.17) is 18.9 Å². The van der Waals surface area contributed by atoms with Crippen LogP contribution >= 0.6 is 0 Å². The van der Waals surface area contributed by atoms with Crippen molar-refractivity contribution >= 4 is 18.0 Å². The molecule has 1 aromatic rings. The topological polar surface area (TPSA) is 120 Å². The predicted molar refractivity (Wildman–Crippen MR) is 117 cm³/mol. The number of aliphatic hydroxyl groups excluding tert-OH is 1. The molecule has 1 atom stereocenters. The standard InChI is InChI=1S/C23H31NO8/c1-16(2)21(26)29-12-5-11-24-23(28)32-15-19(25)14-31-20-8-6-18(7-9-20)10-13-30-22(27)17(3)4/h6-9,19,25H,1,3,5,10-15H2,2,4H3,(H,24,28). The van der Waals surface area contributed by atoms with Gasteiger partial charge in [0.15, 0.2) is 0 Å². The van der Waals surface area contributed by atoms with Gasteiger partial charge in [-0.3, -0.25) is 0 Å². The number of hydrogen-bond donors (Lipinski definition) is 2. The summed E-state index contributed by atoms with van der Waals surface area (Å²) < 4.78 is 20.3. The number of amides is 1. The van der Waals surface area contributed by atoms with Crippen molar-refractivity contribution in [3.05, 3.63) is 54.1 Å². The number of hydrogen-bond acceptors (Lipinski definition) is 8. The number of nitrogens with one attached hydrogen (secondary N) is 1. The number of alkyl carbamates (subject to hydrolysis) is 1. The third kappa shape index (κ3) is 11.8. The number of carbonyl (C=O) groups excluding carboxylic acids is 3. The van der Waals surface area contributed by atoms with Gasteiger partial charge in [-0.15, -0.1) is 0 Å². The van der Waals surface area contributed by atoms with Gasteiger partial charge in [0.05, 0.1) is 13.2 Å². The fraction of sp³-hybridized carbons (Fsp3) is 0.435. The highest BCUT2D eigenvalue weighted by Gasteiger charge is 2.10. The van der Waals surface area contributed by atoms with Crippen molar-refractivity contribution in [2.24, 2.45) is 0 Å². The zero-order chi connectivity index (χ0) is 23.9. The lowest BCUT2D eigenvalue weighted by Gasteiger charge is -2.13. The van der Waals surface area contributed by atoms with Crippen LogP contribution in [0.4, 0.5) is 4.79 Å². The maximum Gasteiger partial charge on any atom is 0.407 e. The number of ether oxygens (including phenoxy) is 4. The van der Waals surface area contributed by atoms with Crippen LogP contribution < -0.4 is 10.1 Å². The summed E-state index contributed by atoms with van der Waals surface area (Å²) in [6, 6.07) is 7.12. The summed E-state index contributed by atoms with van der Waals surface area (Å²) in [6.45, 7) is 10.5. The smallest absolute Gasteiger partial charge is 0.407 e. The van der Waals surface area contributed by atoms with Crippen molar-refractivity contribution in [3.8, 4) is 5.75 Å². The van der Waals surface area contributed by atoms with Gasteiger partial charge in [-0.05, 0) is 38.0 Å². The van der Waals surface area contributed by atoms with E-state index >= 15 is 0 Å². The number of rotatable bonds is 14. The molecule has 0 bridgehead atoms. The summed E-state index contributed by atoms with van der Waals surface area (Å²) in [7, 11) is 0. The second kappa shape index (κ2) is 14.6. The molecule has 0 aliphatic heterocycles. The average Bonchev–Trinajstić information content (AvgIpc) is 2.76. The van der Waals surface area contributed by atoms with Gasteiger partial charge < -0.3 is 29.4 Å². The molecule has 1 unspecified atom stereocenters. The minimum atomic E-state index is -1.00. The van der Waals surface area contributed by atoms with Crippen molar-refractivity contribution in [2.75, 3.05) is 33.0 Å². The Kier molecular flexibility index (Phi) is 12.2. The summed E-state index contributed by atoms with van der Waals surface area (Å²) in [6.07, 6.45) is -0.710. The Hall–Kier alpha value is -3.33. The molecule has 0 aromatic heterocycles. The number of aliphatic hydroxyl groups is 1. The van der Waals surface area contributed by atoms with Gasteiger partial charge in [0.1, 0.15) is 25.1 Å². The van der Waals surface area contributed by atoms with Gasteiger partial charge in [-0.25, -0.2) is 14.4 Å². The van der Waals surface area contributed by atoms with E-state index in [2.05, 4.69) is 18.5 Å². The molecule has 0 saturated carbocycles. The Morgan fingerprint density at radius 1 is 0.938 bits per heavy atom. The molecular formula is C23H31NO8. The van der Waals surface area contributed by atoms with Gasteiger partial charge in [0.2, 0.25) is 0 Å². The predicted octanol–water partition coefficient (Wildman–Crippen LogP) is 2.32. The Labute approximate surface area is 188 Å². The van der Waals surface area contributed by atoms with Gasteiger partial charge in [-0.1, -0.05) is 25.3 Å². The second-order valence-electron chi connectivity index (χ2n) is 7.07. The van der Waals surface area contributed by atoms with Gasteiger partial charge in [0, 0.05) is 24.1 Å². The number of carbonyl (C=O) groups is 3. The quantitative estimate of drug-likeness (QED) is 0.192. The van der Waals surface area contributed by atoms with E-state index in [1.165, 1.54) is 0 Å². The van der Waals surface area contributed by atoms with Crippen molar-refractivity contribution in [1.29, 1.82) is 0 Å². The normalized spacial score (nSPS) is 11.1. The molecule has 32 heavy (non-hydrogen) atoms. The second-order valence-corrected chi connectivity index (χ2v) is 7.07. The summed E-state index contributed by atoms with van der Waals surface area (Å²) >= 11 is 0. The van der Waals surface area contributed by atoms with E-state index in [1.54, 1.807) is 26.0 Å². The zero-order valence-corrected chi connectivity index (χ0v) is 18.6. The summed E-state index contributed by atoms with van der Waals surface area (Å²) in [4.78, 5) is 34.1. The van der Waals surface area contributed by atoms with Crippen LogP contribution in [0.1, 0.15) is 25.8 Å². The van der Waals surface area contributed by atoms with Gasteiger partial charge >= 0.3 is 18.0 Å². The van der Waals surface area contributed by atoms with Crippen LogP contribution in [0.3, 0.4) is 0 Å². The number of benzene rings is 1. The van der Waals surface area contributed by atoms with E-state index in [0.717, 1.165) is 5.56 Å². The van der Waals surface area contributed by atoms with E-state index in [1.807, 2.05) is 12.1 Å². The van der Waals surface area contributed by atoms with Crippen molar-refractivity contribution in [2.45, 2.75) is 32.8 Å². The monoisotopic (exact) mass is 449 g/mol. The van der Waals surface area contributed by atoms with Gasteiger partial charge in [0.25, 0.3) is 0 Å². The van der Waals surface area contributed by atoms with Crippen LogP contribution in [0.15, 0.2) is 48.6 Å². The number of esters is 2. The zero-order valence-electron chi connectivity index (χ0n) is 18.6. The molecule has 9 heteroatoms. The maximum absolute atomic E-state index is 11.6. The first kappa shape index (κ1) is 26.7. The highest BCUT2D eigenvalue weighted by molar-refractivity contribution is 5.87. The molecule has 2 N–H and O–H groups in total. The Morgan fingerprint density at radius 2 is 1.53 bits per heavy atom. The fourth-order valence-electron chi connectivity index (χ4n) is 2.15. The molecule has 9 nitrogen and oxygen atoms in total. The molecule has 1 amide bonds. The first-order chi connectivity index (χ1) is 15.2. The highest BCUT2D eigenvalue weighted by atomic mass is 16.6. The minimum absolute atomic E-state index is 0.0558. The van der Waals surface area contributed by atoms with Crippen LogP contribution in [-0.2, 0) is 30.2 Å². The van der Waals surface area contributed by atoms with Gasteiger partial charge in [-0.2, -0.15) is 0 Å². The maximum atomic E-state index is 11.6. The summed E-state index contributed by atoms with van der Waals surface area (Å²) in [5, 5.41) is 12.4. The molecule has 0 spiro atoms. The molecule has 0 heterocycles. The minimum Gasteiger partial charge on any atom is -0.491 e. The van der Waals surface area contributed by atoms with Crippen LogP contribution in [0.5, 0.6) is 5.75 Å². The molecule has 1 aromatic carbocycles. The lowest BCUT2D eigenvalue weighted by molar-refractivity contribution is -0.139. The Balaban J connectivity index is 2.16. The lowest BCUT2D eigenvalue weighted by atomic mass is 10.1. The highest BCUT2D eigenvalue weighted by Crippen LogP contribution is 2.13. The van der Waals surface area contributed by atoms with Crippen LogP contribution in [0.25, 0.3) is 0 Å². The van der Waals surface area contributed by atoms with E-state index in [0.29, 0.717) is 29.7 Å². The summed E-state index contributed by atoms with van der Waals surface area (Å²) in [5.41, 5.74) is 1.63. The van der Waals surface area contributed by atoms with Crippen LogP contribution in [0, 0.1) is 0 Å². The molecule has 176 valence electrons. The van der Waals surface area contributed by atoms with E-state index in [9.17, 15) is 19.5 Å². The van der Waals surface area contributed by atoms with E-state index < -0.39 is 24.1 Å². The Morgan fingerprint density at radius 3 is 2.12 bits per heavy atom. The average molecular weight is 450 g/mol. The third-order valence-electron chi connectivity index (χ3n) is 3.92. The van der Waals surface area contributed by atoms with Crippen LogP contribution in [-0.4, -0.2) is 62.2 Å². The van der Waals surface area contributed by atoms with Crippen molar-refractivity contribution < 1.29 is 38.4 Å². The van der Waals surface area contributed by atoms with Crippen molar-refractivity contribution in [1.82, 2.24) is 5.32 Å². The molecule has 1 rings (SSSR count). The van der Waals surface area contributed by atoms with E-state index in [-0.39, 0.29) is 33.0 Å². The third-order valence-corrected chi connectivity index (χ3v) is 3.92. The molecule has 0 fully saturated rings. The first-order valence-electron chi connectivity index (χ1n) is 10.1.